The monoisotopic (exact) mass is 258 g/mol. The smallest absolute Gasteiger partial charge is 0.215 e. The molecule has 0 unspecified atom stereocenters. The molecule has 0 saturated carbocycles. The first-order valence-electron chi connectivity index (χ1n) is 5.23. The zero-order chi connectivity index (χ0) is 13.1. The van der Waals surface area contributed by atoms with Crippen LogP contribution in [0.1, 0.15) is 19.4 Å². The van der Waals surface area contributed by atoms with Crippen LogP contribution in [0.15, 0.2) is 24.3 Å². The van der Waals surface area contributed by atoms with Gasteiger partial charge in [0, 0.05) is 12.2 Å². The van der Waals surface area contributed by atoms with Crippen LogP contribution in [-0.4, -0.2) is 25.7 Å². The van der Waals surface area contributed by atoms with Crippen molar-refractivity contribution in [2.45, 2.75) is 25.2 Å². The molecule has 0 aromatic heterocycles. The number of rotatable bonds is 5. The van der Waals surface area contributed by atoms with Crippen LogP contribution >= 0.6 is 0 Å². The van der Waals surface area contributed by atoms with Gasteiger partial charge in [0.2, 0.25) is 10.0 Å². The minimum Gasteiger partial charge on any atom is -0.398 e. The Bertz CT molecular complexity index is 478. The molecule has 0 saturated heterocycles. The van der Waals surface area contributed by atoms with Crippen LogP contribution in [0.5, 0.6) is 0 Å². The number of nitrogens with two attached hydrogens (primary N) is 1. The van der Waals surface area contributed by atoms with Gasteiger partial charge in [-0.05, 0) is 25.5 Å². The second-order valence-corrected chi connectivity index (χ2v) is 6.40. The van der Waals surface area contributed by atoms with E-state index < -0.39 is 15.6 Å². The molecule has 5 nitrogen and oxygen atoms in total. The van der Waals surface area contributed by atoms with Crippen LogP contribution < -0.4 is 10.5 Å². The fourth-order valence-electron chi connectivity index (χ4n) is 1.21. The molecular formula is C11H18N2O3S. The van der Waals surface area contributed by atoms with E-state index >= 15 is 0 Å². The first-order valence-corrected chi connectivity index (χ1v) is 6.88. The van der Waals surface area contributed by atoms with Crippen molar-refractivity contribution in [3.8, 4) is 0 Å². The number of hydrogen-bond donors (Lipinski definition) is 3. The average molecular weight is 258 g/mol. The molecule has 0 radical (unpaired) electrons. The Morgan fingerprint density at radius 3 is 2.47 bits per heavy atom. The van der Waals surface area contributed by atoms with E-state index in [2.05, 4.69) is 4.72 Å². The molecule has 0 bridgehead atoms. The van der Waals surface area contributed by atoms with Crippen molar-refractivity contribution in [3.05, 3.63) is 29.8 Å². The van der Waals surface area contributed by atoms with Crippen molar-refractivity contribution in [3.63, 3.8) is 0 Å². The summed E-state index contributed by atoms with van der Waals surface area (Å²) in [4.78, 5) is 0. The maximum Gasteiger partial charge on any atom is 0.215 e. The molecule has 0 fully saturated rings. The Balaban J connectivity index is 2.71. The molecule has 4 N–H and O–H groups in total. The van der Waals surface area contributed by atoms with E-state index in [9.17, 15) is 13.5 Å². The molecule has 0 aliphatic heterocycles. The lowest BCUT2D eigenvalue weighted by Crippen LogP contribution is -2.38. The second kappa shape index (κ2) is 5.03. The lowest BCUT2D eigenvalue weighted by atomic mass is 10.1. The molecule has 1 aromatic carbocycles. The maximum absolute atomic E-state index is 11.7. The van der Waals surface area contributed by atoms with Gasteiger partial charge in [0.05, 0.1) is 11.4 Å². The van der Waals surface area contributed by atoms with Gasteiger partial charge in [-0.3, -0.25) is 0 Å². The van der Waals surface area contributed by atoms with Crippen molar-refractivity contribution >= 4 is 15.7 Å². The Labute approximate surface area is 102 Å². The molecule has 6 heteroatoms. The standard InChI is InChI=1S/C11H18N2O3S/c1-11(2,14)8-13-17(15,16)7-9-5-3-4-6-10(9)12/h3-6,13-14H,7-8,12H2,1-2H3. The predicted octanol–water partition coefficient (Wildman–Crippen LogP) is 0.459. The topological polar surface area (TPSA) is 92.4 Å². The molecule has 0 amide bonds. The van der Waals surface area contributed by atoms with Gasteiger partial charge >= 0.3 is 0 Å². The normalized spacial score (nSPS) is 12.6. The minimum atomic E-state index is -3.48. The SMILES string of the molecule is CC(C)(O)CNS(=O)(=O)Cc1ccccc1N. The van der Waals surface area contributed by atoms with Crippen molar-refractivity contribution in [2.24, 2.45) is 0 Å². The fraction of sp³-hybridized carbons (Fsp3) is 0.455. The molecule has 17 heavy (non-hydrogen) atoms. The third-order valence-electron chi connectivity index (χ3n) is 2.13. The third kappa shape index (κ3) is 5.16. The van der Waals surface area contributed by atoms with E-state index in [0.717, 1.165) is 0 Å². The van der Waals surface area contributed by atoms with Gasteiger partial charge in [-0.1, -0.05) is 18.2 Å². The third-order valence-corrected chi connectivity index (χ3v) is 3.40. The quantitative estimate of drug-likeness (QED) is 0.669. The number of nitrogens with one attached hydrogen (secondary N) is 1. The van der Waals surface area contributed by atoms with Crippen molar-refractivity contribution in [1.82, 2.24) is 4.72 Å². The Kier molecular flexibility index (Phi) is 4.13. The van der Waals surface area contributed by atoms with E-state index in [1.165, 1.54) is 13.8 Å². The summed E-state index contributed by atoms with van der Waals surface area (Å²) in [7, 11) is -3.48. The molecule has 0 heterocycles. The maximum atomic E-state index is 11.7. The van der Waals surface area contributed by atoms with Gasteiger partial charge in [-0.25, -0.2) is 13.1 Å². The summed E-state index contributed by atoms with van der Waals surface area (Å²) in [6, 6.07) is 6.80. The number of para-hydroxylation sites is 1. The van der Waals surface area contributed by atoms with Gasteiger partial charge in [0.25, 0.3) is 0 Å². The van der Waals surface area contributed by atoms with Crippen molar-refractivity contribution in [2.75, 3.05) is 12.3 Å². The Morgan fingerprint density at radius 2 is 1.94 bits per heavy atom. The highest BCUT2D eigenvalue weighted by Crippen LogP contribution is 2.13. The number of hydrogen-bond acceptors (Lipinski definition) is 4. The summed E-state index contributed by atoms with van der Waals surface area (Å²) in [5.41, 5.74) is 5.59. The van der Waals surface area contributed by atoms with Crippen molar-refractivity contribution in [1.29, 1.82) is 0 Å². The summed E-state index contributed by atoms with van der Waals surface area (Å²) in [5.74, 6) is -0.185. The van der Waals surface area contributed by atoms with Crippen LogP contribution in [0.25, 0.3) is 0 Å². The number of sulfonamides is 1. The van der Waals surface area contributed by atoms with E-state index in [0.29, 0.717) is 11.3 Å². The summed E-state index contributed by atoms with van der Waals surface area (Å²) in [6.07, 6.45) is 0. The minimum absolute atomic E-state index is 0.0257. The van der Waals surface area contributed by atoms with E-state index in [4.69, 9.17) is 5.73 Å². The Hall–Kier alpha value is -1.11. The zero-order valence-electron chi connectivity index (χ0n) is 9.97. The van der Waals surface area contributed by atoms with E-state index in [1.54, 1.807) is 24.3 Å². The number of anilines is 1. The fourth-order valence-corrected chi connectivity index (χ4v) is 2.56. The second-order valence-electron chi connectivity index (χ2n) is 4.59. The molecule has 1 aromatic rings. The largest absolute Gasteiger partial charge is 0.398 e. The highest BCUT2D eigenvalue weighted by atomic mass is 32.2. The van der Waals surface area contributed by atoms with Gasteiger partial charge in [-0.15, -0.1) is 0 Å². The van der Waals surface area contributed by atoms with Gasteiger partial charge in [-0.2, -0.15) is 0 Å². The molecule has 0 spiro atoms. The summed E-state index contributed by atoms with van der Waals surface area (Å²) in [6.45, 7) is 3.04. The molecule has 0 aliphatic rings. The Morgan fingerprint density at radius 1 is 1.35 bits per heavy atom. The highest BCUT2D eigenvalue weighted by molar-refractivity contribution is 7.88. The van der Waals surface area contributed by atoms with Crippen LogP contribution in [0.4, 0.5) is 5.69 Å². The summed E-state index contributed by atoms with van der Waals surface area (Å²) >= 11 is 0. The van der Waals surface area contributed by atoms with E-state index in [1.807, 2.05) is 0 Å². The molecule has 1 rings (SSSR count). The highest BCUT2D eigenvalue weighted by Gasteiger charge is 2.18. The number of nitrogen functional groups attached to an aromatic ring is 1. The number of aliphatic hydroxyl groups is 1. The molecule has 96 valence electrons. The zero-order valence-corrected chi connectivity index (χ0v) is 10.8. The average Bonchev–Trinajstić information content (AvgIpc) is 2.18. The molecule has 0 atom stereocenters. The molecule has 0 aliphatic carbocycles. The first kappa shape index (κ1) is 14.0. The van der Waals surface area contributed by atoms with Gasteiger partial charge in [0.1, 0.15) is 0 Å². The van der Waals surface area contributed by atoms with Gasteiger partial charge in [0.15, 0.2) is 0 Å². The van der Waals surface area contributed by atoms with Crippen LogP contribution in [-0.2, 0) is 15.8 Å². The predicted molar refractivity (Wildman–Crippen MR) is 67.8 cm³/mol. The lowest BCUT2D eigenvalue weighted by Gasteiger charge is -2.17. The number of benzene rings is 1. The van der Waals surface area contributed by atoms with Crippen LogP contribution in [0, 0.1) is 0 Å². The first-order chi connectivity index (χ1) is 7.70. The van der Waals surface area contributed by atoms with E-state index in [-0.39, 0.29) is 12.3 Å². The molecular weight excluding hydrogens is 240 g/mol. The summed E-state index contributed by atoms with van der Waals surface area (Å²) in [5, 5.41) is 9.45. The lowest BCUT2D eigenvalue weighted by molar-refractivity contribution is 0.0857. The van der Waals surface area contributed by atoms with Crippen LogP contribution in [0.2, 0.25) is 0 Å². The van der Waals surface area contributed by atoms with Gasteiger partial charge < -0.3 is 10.8 Å². The summed E-state index contributed by atoms with van der Waals surface area (Å²) < 4.78 is 25.8. The van der Waals surface area contributed by atoms with Crippen LogP contribution in [0.3, 0.4) is 0 Å². The van der Waals surface area contributed by atoms with Crippen molar-refractivity contribution < 1.29 is 13.5 Å².